The molecule has 1 fully saturated rings. The van der Waals surface area contributed by atoms with Gasteiger partial charge in [0.05, 0.1) is 12.0 Å². The Labute approximate surface area is 181 Å². The molecule has 160 valence electrons. The Morgan fingerprint density at radius 1 is 1.10 bits per heavy atom. The number of hydrogen-bond donors (Lipinski definition) is 1. The van der Waals surface area contributed by atoms with E-state index in [0.717, 1.165) is 49.0 Å². The van der Waals surface area contributed by atoms with Crippen molar-refractivity contribution in [1.82, 2.24) is 20.0 Å². The van der Waals surface area contributed by atoms with E-state index in [9.17, 15) is 9.59 Å². The molecule has 5 rings (SSSR count). The maximum atomic E-state index is 13.1. The van der Waals surface area contributed by atoms with Crippen LogP contribution in [0.5, 0.6) is 0 Å². The highest BCUT2D eigenvalue weighted by molar-refractivity contribution is 5.94. The standard InChI is InChI=1S/C24H26N4O3/c1-16-7-9-18(10-8-16)28-20-5-2-4-19(20)22(26-28)23(29)25-17-11-13-27(14-12-17)24(30)21-6-3-15-31-21/h3,6-10,15,17H,2,4-5,11-14H2,1H3,(H,25,29). The van der Waals surface area contributed by atoms with Gasteiger partial charge in [0.25, 0.3) is 11.8 Å². The largest absolute Gasteiger partial charge is 0.459 e. The van der Waals surface area contributed by atoms with Crippen molar-refractivity contribution in [1.29, 1.82) is 0 Å². The molecule has 0 spiro atoms. The number of benzene rings is 1. The number of nitrogens with zero attached hydrogens (tertiary/aromatic N) is 3. The molecule has 1 N–H and O–H groups in total. The van der Waals surface area contributed by atoms with E-state index in [-0.39, 0.29) is 17.9 Å². The van der Waals surface area contributed by atoms with Crippen molar-refractivity contribution in [3.8, 4) is 5.69 Å². The second-order valence-electron chi connectivity index (χ2n) is 8.39. The first-order valence-corrected chi connectivity index (χ1v) is 10.9. The lowest BCUT2D eigenvalue weighted by Gasteiger charge is -2.31. The number of carbonyl (C=O) groups excluding carboxylic acids is 2. The molecule has 2 amide bonds. The molecule has 3 heterocycles. The zero-order chi connectivity index (χ0) is 21.4. The molecule has 3 aromatic rings. The van der Waals surface area contributed by atoms with Crippen LogP contribution in [0.25, 0.3) is 5.69 Å². The van der Waals surface area contributed by atoms with E-state index >= 15 is 0 Å². The summed E-state index contributed by atoms with van der Waals surface area (Å²) in [5, 5.41) is 7.86. The molecule has 1 aliphatic carbocycles. The first-order chi connectivity index (χ1) is 15.1. The number of likely N-dealkylation sites (tertiary alicyclic amines) is 1. The first kappa shape index (κ1) is 19.6. The highest BCUT2D eigenvalue weighted by Crippen LogP contribution is 2.28. The zero-order valence-electron chi connectivity index (χ0n) is 17.6. The SMILES string of the molecule is Cc1ccc(-n2nc(C(=O)NC3CCN(C(=O)c4ccco4)CC3)c3c2CCC3)cc1. The average Bonchev–Trinajstić information content (AvgIpc) is 3.52. The van der Waals surface area contributed by atoms with Gasteiger partial charge in [-0.1, -0.05) is 17.7 Å². The topological polar surface area (TPSA) is 80.4 Å². The minimum Gasteiger partial charge on any atom is -0.459 e. The number of nitrogens with one attached hydrogen (secondary N) is 1. The molecular weight excluding hydrogens is 392 g/mol. The van der Waals surface area contributed by atoms with Gasteiger partial charge in [-0.05, 0) is 63.3 Å². The predicted molar refractivity (Wildman–Crippen MR) is 115 cm³/mol. The lowest BCUT2D eigenvalue weighted by atomic mass is 10.0. The number of aromatic nitrogens is 2. The molecule has 0 unspecified atom stereocenters. The smallest absolute Gasteiger partial charge is 0.289 e. The third kappa shape index (κ3) is 3.76. The van der Waals surface area contributed by atoms with E-state index in [2.05, 4.69) is 24.4 Å². The van der Waals surface area contributed by atoms with Crippen LogP contribution in [0.2, 0.25) is 0 Å². The van der Waals surface area contributed by atoms with Gasteiger partial charge in [0.2, 0.25) is 0 Å². The number of carbonyl (C=O) groups is 2. The summed E-state index contributed by atoms with van der Waals surface area (Å²) >= 11 is 0. The van der Waals surface area contributed by atoms with Crippen molar-refractivity contribution in [2.24, 2.45) is 0 Å². The summed E-state index contributed by atoms with van der Waals surface area (Å²) in [6.07, 6.45) is 5.83. The lowest BCUT2D eigenvalue weighted by Crippen LogP contribution is -2.46. The molecule has 0 bridgehead atoms. The molecule has 0 radical (unpaired) electrons. The summed E-state index contributed by atoms with van der Waals surface area (Å²) in [6, 6.07) is 11.7. The van der Waals surface area contributed by atoms with Crippen molar-refractivity contribution in [2.75, 3.05) is 13.1 Å². The highest BCUT2D eigenvalue weighted by atomic mass is 16.3. The number of piperidine rings is 1. The maximum Gasteiger partial charge on any atom is 0.289 e. The monoisotopic (exact) mass is 418 g/mol. The van der Waals surface area contributed by atoms with Crippen molar-refractivity contribution >= 4 is 11.8 Å². The fraction of sp³-hybridized carbons (Fsp3) is 0.375. The van der Waals surface area contributed by atoms with Gasteiger partial charge in [-0.25, -0.2) is 4.68 Å². The van der Waals surface area contributed by atoms with Gasteiger partial charge in [0.15, 0.2) is 11.5 Å². The summed E-state index contributed by atoms with van der Waals surface area (Å²) in [4.78, 5) is 27.3. The van der Waals surface area contributed by atoms with E-state index < -0.39 is 0 Å². The summed E-state index contributed by atoms with van der Waals surface area (Å²) in [6.45, 7) is 3.25. The zero-order valence-corrected chi connectivity index (χ0v) is 17.6. The molecule has 1 aliphatic heterocycles. The van der Waals surface area contributed by atoms with Gasteiger partial charge >= 0.3 is 0 Å². The number of rotatable bonds is 4. The second-order valence-corrected chi connectivity index (χ2v) is 8.39. The Morgan fingerprint density at radius 2 is 1.87 bits per heavy atom. The molecule has 31 heavy (non-hydrogen) atoms. The van der Waals surface area contributed by atoms with Gasteiger partial charge in [0.1, 0.15) is 0 Å². The molecule has 2 aliphatic rings. The molecule has 0 atom stereocenters. The van der Waals surface area contributed by atoms with Crippen LogP contribution >= 0.6 is 0 Å². The lowest BCUT2D eigenvalue weighted by molar-refractivity contribution is 0.0667. The minimum absolute atomic E-state index is 0.0368. The van der Waals surface area contributed by atoms with Crippen LogP contribution in [0.1, 0.15) is 57.1 Å². The quantitative estimate of drug-likeness (QED) is 0.705. The number of amides is 2. The highest BCUT2D eigenvalue weighted by Gasteiger charge is 2.30. The van der Waals surface area contributed by atoms with Crippen LogP contribution in [0.3, 0.4) is 0 Å². The van der Waals surface area contributed by atoms with Crippen LogP contribution < -0.4 is 5.32 Å². The van der Waals surface area contributed by atoms with E-state index in [0.29, 0.717) is 24.5 Å². The van der Waals surface area contributed by atoms with Crippen LogP contribution in [-0.4, -0.2) is 45.6 Å². The molecular formula is C24H26N4O3. The van der Waals surface area contributed by atoms with E-state index in [1.54, 1.807) is 17.0 Å². The van der Waals surface area contributed by atoms with Gasteiger partial charge < -0.3 is 14.6 Å². The Kier molecular flexibility index (Phi) is 5.10. The Morgan fingerprint density at radius 3 is 2.58 bits per heavy atom. The van der Waals surface area contributed by atoms with Crippen LogP contribution in [0.4, 0.5) is 0 Å². The van der Waals surface area contributed by atoms with E-state index in [4.69, 9.17) is 9.52 Å². The molecule has 1 aromatic carbocycles. The summed E-state index contributed by atoms with van der Waals surface area (Å²) in [5.41, 5.74) is 4.95. The molecule has 7 heteroatoms. The molecule has 0 saturated carbocycles. The summed E-state index contributed by atoms with van der Waals surface area (Å²) in [5.74, 6) is 0.156. The van der Waals surface area contributed by atoms with Crippen LogP contribution in [-0.2, 0) is 12.8 Å². The molecule has 1 saturated heterocycles. The fourth-order valence-corrected chi connectivity index (χ4v) is 4.56. The second kappa shape index (κ2) is 8.06. The van der Waals surface area contributed by atoms with Crippen molar-refractivity contribution in [2.45, 2.75) is 45.1 Å². The van der Waals surface area contributed by atoms with Gasteiger partial charge in [-0.2, -0.15) is 5.10 Å². The Bertz CT molecular complexity index is 1090. The predicted octanol–water partition coefficient (Wildman–Crippen LogP) is 3.30. The van der Waals surface area contributed by atoms with E-state index in [1.165, 1.54) is 11.8 Å². The van der Waals surface area contributed by atoms with Crippen LogP contribution in [0.15, 0.2) is 47.1 Å². The molecule has 2 aromatic heterocycles. The van der Waals surface area contributed by atoms with Gasteiger partial charge in [0, 0.05) is 30.4 Å². The molecule has 7 nitrogen and oxygen atoms in total. The number of fused-ring (bicyclic) bond motifs is 1. The van der Waals surface area contributed by atoms with Gasteiger partial charge in [-0.3, -0.25) is 9.59 Å². The minimum atomic E-state index is -0.111. The first-order valence-electron chi connectivity index (χ1n) is 10.9. The number of furan rings is 1. The Balaban J connectivity index is 1.27. The van der Waals surface area contributed by atoms with Crippen molar-refractivity contribution in [3.63, 3.8) is 0 Å². The fourth-order valence-electron chi connectivity index (χ4n) is 4.56. The summed E-state index contributed by atoms with van der Waals surface area (Å²) in [7, 11) is 0. The third-order valence-corrected chi connectivity index (χ3v) is 6.27. The normalized spacial score (nSPS) is 16.4. The number of aryl methyl sites for hydroxylation is 1. The van der Waals surface area contributed by atoms with Crippen LogP contribution in [0, 0.1) is 6.92 Å². The average molecular weight is 418 g/mol. The van der Waals surface area contributed by atoms with Gasteiger partial charge in [-0.15, -0.1) is 0 Å². The maximum absolute atomic E-state index is 13.1. The summed E-state index contributed by atoms with van der Waals surface area (Å²) < 4.78 is 7.15. The Hall–Kier alpha value is -3.35. The van der Waals surface area contributed by atoms with E-state index in [1.807, 2.05) is 16.8 Å². The van der Waals surface area contributed by atoms with Crippen molar-refractivity contribution in [3.05, 3.63) is 70.9 Å². The van der Waals surface area contributed by atoms with Crippen molar-refractivity contribution < 1.29 is 14.0 Å². The number of hydrogen-bond acceptors (Lipinski definition) is 4. The third-order valence-electron chi connectivity index (χ3n) is 6.27.